The summed E-state index contributed by atoms with van der Waals surface area (Å²) in [7, 11) is 1.17. The molecule has 0 bridgehead atoms. The van der Waals surface area contributed by atoms with Crippen molar-refractivity contribution in [1.29, 1.82) is 0 Å². The van der Waals surface area contributed by atoms with Crippen molar-refractivity contribution in [2.75, 3.05) is 13.7 Å². The number of carboxylic acid groups (broad SMARTS) is 1. The number of nitrogens with two attached hydrogens (primary N) is 1. The molecule has 288 valence electrons. The van der Waals surface area contributed by atoms with Gasteiger partial charge < -0.3 is 30.7 Å². The van der Waals surface area contributed by atoms with Crippen molar-refractivity contribution in [3.8, 4) is 5.75 Å². The number of carboxylic acids is 1. The third-order valence-corrected chi connectivity index (χ3v) is 9.40. The maximum atomic E-state index is 14.5. The molecule has 5 N–H and O–H groups in total. The fourth-order valence-corrected chi connectivity index (χ4v) is 6.40. The minimum Gasteiger partial charge on any atom is -0.494 e. The van der Waals surface area contributed by atoms with Crippen molar-refractivity contribution < 1.29 is 43.7 Å². The van der Waals surface area contributed by atoms with E-state index < -0.39 is 52.6 Å². The number of allylic oxidation sites excluding steroid dienone is 1. The average Bonchev–Trinajstić information content (AvgIpc) is 3.06. The maximum absolute atomic E-state index is 14.5. The van der Waals surface area contributed by atoms with Gasteiger partial charge in [0.05, 0.1) is 20.1 Å². The van der Waals surface area contributed by atoms with Gasteiger partial charge in [0.15, 0.2) is 5.60 Å². The number of Topliss-reactive ketones (excluding diaryl/α,β-unsaturated/α-hetero) is 1. The number of primary amides is 1. The van der Waals surface area contributed by atoms with Gasteiger partial charge >= 0.3 is 11.9 Å². The van der Waals surface area contributed by atoms with Crippen LogP contribution in [0.25, 0.3) is 0 Å². The molecule has 0 aliphatic heterocycles. The zero-order valence-corrected chi connectivity index (χ0v) is 31.9. The van der Waals surface area contributed by atoms with Crippen LogP contribution in [0.15, 0.2) is 36.4 Å². The van der Waals surface area contributed by atoms with E-state index in [4.69, 9.17) is 15.2 Å². The van der Waals surface area contributed by atoms with Gasteiger partial charge in [-0.3, -0.25) is 14.4 Å². The quantitative estimate of drug-likeness (QED) is 0.0442. The number of carbonyl (C=O) groups is 5. The molecule has 1 aromatic rings. The number of hydrogen-bond acceptors (Lipinski definition) is 8. The SMILES string of the molecule is CCCCCCCC(=O)CCCCCC/C=C/[C@](C(=O)N[C@@H](Cc1ccc(OCCCC)cc1)C(=O)OC)(C(C)(C)C)[C@@](O)(CC(N)=O)C(=O)O. The Morgan fingerprint density at radius 2 is 1.43 bits per heavy atom. The largest absolute Gasteiger partial charge is 0.494 e. The van der Waals surface area contributed by atoms with Crippen LogP contribution in [0.5, 0.6) is 5.75 Å². The van der Waals surface area contributed by atoms with E-state index in [1.54, 1.807) is 51.1 Å². The summed E-state index contributed by atoms with van der Waals surface area (Å²) >= 11 is 0. The van der Waals surface area contributed by atoms with Crippen molar-refractivity contribution in [3.05, 3.63) is 42.0 Å². The zero-order chi connectivity index (χ0) is 38.5. The molecule has 0 unspecified atom stereocenters. The molecule has 3 atom stereocenters. The number of rotatable bonds is 27. The second-order valence-electron chi connectivity index (χ2n) is 14.5. The smallest absolute Gasteiger partial charge is 0.337 e. The van der Waals surface area contributed by atoms with E-state index in [0.29, 0.717) is 43.6 Å². The molecule has 0 radical (unpaired) electrons. The van der Waals surface area contributed by atoms with Gasteiger partial charge in [0.1, 0.15) is 23.0 Å². The Morgan fingerprint density at radius 3 is 1.94 bits per heavy atom. The highest BCUT2D eigenvalue weighted by atomic mass is 16.5. The summed E-state index contributed by atoms with van der Waals surface area (Å²) < 4.78 is 10.7. The Hall–Kier alpha value is -3.73. The van der Waals surface area contributed by atoms with Gasteiger partial charge in [-0.2, -0.15) is 0 Å². The second kappa shape index (κ2) is 23.0. The summed E-state index contributed by atoms with van der Waals surface area (Å²) in [6.45, 7) is 9.53. The number of methoxy groups -OCH3 is 1. The van der Waals surface area contributed by atoms with Crippen molar-refractivity contribution in [1.82, 2.24) is 5.32 Å². The highest BCUT2D eigenvalue weighted by Crippen LogP contribution is 2.51. The Labute approximate surface area is 305 Å². The number of hydrogen-bond donors (Lipinski definition) is 4. The summed E-state index contributed by atoms with van der Waals surface area (Å²) in [5, 5.41) is 24.9. The Bertz CT molecular complexity index is 1270. The van der Waals surface area contributed by atoms with Crippen LogP contribution in [0.1, 0.15) is 136 Å². The number of aliphatic hydroxyl groups is 1. The normalized spacial score (nSPS) is 14.6. The number of esters is 1. The molecular formula is C40H64N2O9. The topological polar surface area (TPSA) is 182 Å². The number of amides is 2. The average molecular weight is 717 g/mol. The first-order valence-corrected chi connectivity index (χ1v) is 18.6. The van der Waals surface area contributed by atoms with Gasteiger partial charge in [-0.05, 0) is 55.2 Å². The third kappa shape index (κ3) is 14.4. The Morgan fingerprint density at radius 1 is 0.863 bits per heavy atom. The number of carbonyl (C=O) groups excluding carboxylic acids is 4. The Balaban J connectivity index is 3.23. The standard InChI is InChI=1S/C40H64N2O9/c1-7-9-11-14-17-20-31(43)21-18-15-12-13-16-19-26-39(38(3,4)5,40(49,37(47)48)29-34(41)44)36(46)42-33(35(45)50-6)28-30-22-24-32(25-23-30)51-27-10-8-2/h19,22-26,33,49H,7-18,20-21,27-29H2,1-6H3,(H2,41,44)(H,42,46)(H,47,48)/b26-19+/t33-,39-,40+/m0/s1. The van der Waals surface area contributed by atoms with E-state index in [1.807, 2.05) is 0 Å². The van der Waals surface area contributed by atoms with Crippen LogP contribution in [0, 0.1) is 10.8 Å². The molecule has 0 aliphatic rings. The highest BCUT2D eigenvalue weighted by molar-refractivity contribution is 5.99. The van der Waals surface area contributed by atoms with Crippen molar-refractivity contribution in [2.24, 2.45) is 16.6 Å². The first kappa shape index (κ1) is 45.3. The van der Waals surface area contributed by atoms with Gasteiger partial charge in [0.25, 0.3) is 0 Å². The summed E-state index contributed by atoms with van der Waals surface area (Å²) in [6, 6.07) is 5.77. The van der Waals surface area contributed by atoms with Crippen LogP contribution >= 0.6 is 0 Å². The molecule has 2 amide bonds. The van der Waals surface area contributed by atoms with Crippen molar-refractivity contribution in [3.63, 3.8) is 0 Å². The lowest BCUT2D eigenvalue weighted by atomic mass is 9.55. The molecule has 51 heavy (non-hydrogen) atoms. The molecule has 0 spiro atoms. The van der Waals surface area contributed by atoms with Crippen LogP contribution < -0.4 is 15.8 Å². The van der Waals surface area contributed by atoms with E-state index in [1.165, 1.54) is 26.0 Å². The lowest BCUT2D eigenvalue weighted by Crippen LogP contribution is -2.67. The third-order valence-electron chi connectivity index (χ3n) is 9.40. The molecule has 0 aliphatic carbocycles. The first-order valence-electron chi connectivity index (χ1n) is 18.6. The molecular weight excluding hydrogens is 652 g/mol. The zero-order valence-electron chi connectivity index (χ0n) is 31.9. The van der Waals surface area contributed by atoms with E-state index in [2.05, 4.69) is 19.2 Å². The number of unbranched alkanes of at least 4 members (excludes halogenated alkanes) is 9. The molecule has 0 heterocycles. The predicted octanol–water partition coefficient (Wildman–Crippen LogP) is 6.62. The molecule has 11 nitrogen and oxygen atoms in total. The monoisotopic (exact) mass is 716 g/mol. The van der Waals surface area contributed by atoms with Crippen LogP contribution in [0.2, 0.25) is 0 Å². The van der Waals surface area contributed by atoms with Gasteiger partial charge in [-0.25, -0.2) is 9.59 Å². The van der Waals surface area contributed by atoms with Crippen molar-refractivity contribution >= 4 is 29.5 Å². The number of nitrogens with one attached hydrogen (secondary N) is 1. The first-order chi connectivity index (χ1) is 24.1. The fourth-order valence-electron chi connectivity index (χ4n) is 6.40. The molecule has 0 aromatic heterocycles. The molecule has 0 saturated heterocycles. The van der Waals surface area contributed by atoms with Gasteiger partial charge in [-0.15, -0.1) is 0 Å². The van der Waals surface area contributed by atoms with Gasteiger partial charge in [0, 0.05) is 19.3 Å². The summed E-state index contributed by atoms with van der Waals surface area (Å²) in [5.74, 6) is -3.73. The molecule has 0 saturated carbocycles. The summed E-state index contributed by atoms with van der Waals surface area (Å²) in [6.07, 6.45) is 14.1. The fraction of sp³-hybridized carbons (Fsp3) is 0.675. The lowest BCUT2D eigenvalue weighted by Gasteiger charge is -2.49. The predicted molar refractivity (Wildman–Crippen MR) is 198 cm³/mol. The van der Waals surface area contributed by atoms with Crippen molar-refractivity contribution in [2.45, 2.75) is 149 Å². The summed E-state index contributed by atoms with van der Waals surface area (Å²) in [4.78, 5) is 64.7. The van der Waals surface area contributed by atoms with Crippen LogP contribution in [-0.2, 0) is 35.1 Å². The maximum Gasteiger partial charge on any atom is 0.337 e. The molecule has 11 heteroatoms. The van der Waals surface area contributed by atoms with E-state index in [9.17, 15) is 34.2 Å². The number of ketones is 1. The van der Waals surface area contributed by atoms with Gasteiger partial charge in [0.2, 0.25) is 11.8 Å². The van der Waals surface area contributed by atoms with E-state index in [-0.39, 0.29) is 12.2 Å². The minimum atomic E-state index is -2.97. The molecule has 0 fully saturated rings. The number of benzene rings is 1. The molecule has 1 aromatic carbocycles. The van der Waals surface area contributed by atoms with Crippen LogP contribution in [0.3, 0.4) is 0 Å². The van der Waals surface area contributed by atoms with Gasteiger partial charge in [-0.1, -0.05) is 104 Å². The number of aliphatic carboxylic acids is 1. The van der Waals surface area contributed by atoms with Crippen LogP contribution in [0.4, 0.5) is 0 Å². The highest BCUT2D eigenvalue weighted by Gasteiger charge is 2.65. The van der Waals surface area contributed by atoms with E-state index in [0.717, 1.165) is 51.4 Å². The summed E-state index contributed by atoms with van der Waals surface area (Å²) in [5.41, 5.74) is -0.407. The second-order valence-corrected chi connectivity index (χ2v) is 14.5. The number of ether oxygens (including phenoxy) is 2. The Kier molecular flexibility index (Phi) is 20.4. The van der Waals surface area contributed by atoms with E-state index >= 15 is 0 Å². The minimum absolute atomic E-state index is 0.000268. The molecule has 1 rings (SSSR count). The van der Waals surface area contributed by atoms with Crippen LogP contribution in [-0.4, -0.2) is 65.1 Å². The lowest BCUT2D eigenvalue weighted by molar-refractivity contribution is -0.189.